The highest BCUT2D eigenvalue weighted by molar-refractivity contribution is 6.23. The third-order valence-electron chi connectivity index (χ3n) is 10.4. The molecule has 7 aromatic carbocycles. The molecule has 0 bridgehead atoms. The van der Waals surface area contributed by atoms with Crippen molar-refractivity contribution >= 4 is 44.8 Å². The number of nitrogens with zero attached hydrogens (tertiary/aromatic N) is 1. The Bertz CT molecular complexity index is 2780. The Morgan fingerprint density at radius 3 is 1.33 bits per heavy atom. The maximum absolute atomic E-state index is 5.89. The summed E-state index contributed by atoms with van der Waals surface area (Å²) in [6.45, 7) is 0. The molecule has 0 radical (unpaired) electrons. The summed E-state index contributed by atoms with van der Waals surface area (Å²) in [5.41, 5.74) is 17.3. The van der Waals surface area contributed by atoms with E-state index in [0.29, 0.717) is 0 Å². The summed E-state index contributed by atoms with van der Waals surface area (Å²) in [5.74, 6) is 5.66. The predicted molar refractivity (Wildman–Crippen MR) is 218 cm³/mol. The molecule has 0 aliphatic heterocycles. The molecule has 0 saturated carbocycles. The van der Waals surface area contributed by atoms with Gasteiger partial charge in [0.1, 0.15) is 0 Å². The normalized spacial score (nSPS) is 13.8. The number of terminal acetylenes is 2. The van der Waals surface area contributed by atoms with Crippen LogP contribution >= 0.6 is 0 Å². The van der Waals surface area contributed by atoms with Crippen molar-refractivity contribution in [2.45, 2.75) is 0 Å². The van der Waals surface area contributed by atoms with Gasteiger partial charge in [-0.2, -0.15) is 0 Å². The zero-order valence-electron chi connectivity index (χ0n) is 28.2. The molecule has 10 rings (SSSR count). The maximum atomic E-state index is 5.89. The van der Waals surface area contributed by atoms with Gasteiger partial charge in [-0.3, -0.25) is 0 Å². The van der Waals surface area contributed by atoms with Crippen LogP contribution in [-0.4, -0.2) is 4.98 Å². The molecule has 2 aliphatic rings. The van der Waals surface area contributed by atoms with Gasteiger partial charge in [0.25, 0.3) is 0 Å². The van der Waals surface area contributed by atoms with Crippen molar-refractivity contribution in [2.24, 2.45) is 0 Å². The number of benzene rings is 7. The van der Waals surface area contributed by atoms with Crippen LogP contribution in [0.1, 0.15) is 44.5 Å². The molecule has 1 aromatic heterocycles. The number of aromatic nitrogens is 1. The molecular weight excluding hydrogens is 627 g/mol. The summed E-state index contributed by atoms with van der Waals surface area (Å²) in [4.78, 5) is 5.67. The average molecular weight is 656 g/mol. The van der Waals surface area contributed by atoms with Gasteiger partial charge in [-0.15, -0.1) is 12.8 Å². The summed E-state index contributed by atoms with van der Waals surface area (Å²) >= 11 is 0. The van der Waals surface area contributed by atoms with Crippen molar-refractivity contribution in [3.63, 3.8) is 0 Å². The summed E-state index contributed by atoms with van der Waals surface area (Å²) < 4.78 is 0. The fourth-order valence-electron chi connectivity index (χ4n) is 8.22. The van der Waals surface area contributed by atoms with Gasteiger partial charge in [0.05, 0.1) is 11.4 Å². The lowest BCUT2D eigenvalue weighted by Gasteiger charge is -2.21. The molecule has 0 amide bonds. The monoisotopic (exact) mass is 655 g/mol. The second-order valence-corrected chi connectivity index (χ2v) is 13.4. The van der Waals surface area contributed by atoms with E-state index < -0.39 is 0 Å². The molecule has 0 atom stereocenters. The Morgan fingerprint density at radius 2 is 0.846 bits per heavy atom. The minimum atomic E-state index is 0.850. The fraction of sp³-hybridized carbons (Fsp3) is 0. The fourth-order valence-corrected chi connectivity index (χ4v) is 8.22. The van der Waals surface area contributed by atoms with Crippen LogP contribution in [0.3, 0.4) is 0 Å². The van der Waals surface area contributed by atoms with Crippen LogP contribution < -0.4 is 0 Å². The first kappa shape index (κ1) is 29.7. The maximum Gasteiger partial charge on any atom is 0.0801 e. The lowest BCUT2D eigenvalue weighted by molar-refractivity contribution is 1.33. The van der Waals surface area contributed by atoms with Crippen LogP contribution in [0, 0.1) is 24.7 Å². The number of pyridine rings is 1. The zero-order chi connectivity index (χ0) is 34.8. The van der Waals surface area contributed by atoms with E-state index in [-0.39, 0.29) is 0 Å². The Balaban J connectivity index is 1.43. The van der Waals surface area contributed by atoms with E-state index in [2.05, 4.69) is 151 Å². The average Bonchev–Trinajstić information content (AvgIpc) is 3.68. The Kier molecular flexibility index (Phi) is 6.69. The molecule has 1 heterocycles. The van der Waals surface area contributed by atoms with Crippen molar-refractivity contribution in [2.75, 3.05) is 0 Å². The molecule has 0 saturated heterocycles. The van der Waals surface area contributed by atoms with Gasteiger partial charge in [-0.25, -0.2) is 4.98 Å². The van der Waals surface area contributed by atoms with E-state index in [9.17, 15) is 0 Å². The molecular formula is C51H29N. The number of fused-ring (bicyclic) bond motifs is 8. The van der Waals surface area contributed by atoms with Crippen LogP contribution in [-0.2, 0) is 0 Å². The smallest absolute Gasteiger partial charge is 0.0801 e. The van der Waals surface area contributed by atoms with E-state index in [4.69, 9.17) is 17.8 Å². The summed E-state index contributed by atoms with van der Waals surface area (Å²) in [6.07, 6.45) is 16.4. The van der Waals surface area contributed by atoms with Crippen LogP contribution in [0.25, 0.3) is 78.5 Å². The van der Waals surface area contributed by atoms with Gasteiger partial charge >= 0.3 is 0 Å². The van der Waals surface area contributed by atoms with Gasteiger partial charge in [0.15, 0.2) is 0 Å². The highest BCUT2D eigenvalue weighted by Gasteiger charge is 2.37. The van der Waals surface area contributed by atoms with Crippen molar-refractivity contribution in [3.05, 3.63) is 196 Å². The summed E-state index contributed by atoms with van der Waals surface area (Å²) in [6, 6.07) is 53.6. The highest BCUT2D eigenvalue weighted by atomic mass is 14.8. The third kappa shape index (κ3) is 4.51. The Hall–Kier alpha value is -7.19. The lowest BCUT2D eigenvalue weighted by atomic mass is 9.83. The minimum Gasteiger partial charge on any atom is -0.246 e. The van der Waals surface area contributed by atoms with Crippen molar-refractivity contribution in [1.29, 1.82) is 0 Å². The second-order valence-electron chi connectivity index (χ2n) is 13.4. The predicted octanol–water partition coefficient (Wildman–Crippen LogP) is 12.2. The molecule has 2 aliphatic carbocycles. The van der Waals surface area contributed by atoms with Crippen LogP contribution in [0.15, 0.2) is 152 Å². The minimum absolute atomic E-state index is 0.850. The van der Waals surface area contributed by atoms with Crippen LogP contribution in [0.2, 0.25) is 0 Å². The lowest BCUT2D eigenvalue weighted by Crippen LogP contribution is -2.00. The first-order valence-electron chi connectivity index (χ1n) is 17.5. The molecule has 52 heavy (non-hydrogen) atoms. The largest absolute Gasteiger partial charge is 0.246 e. The van der Waals surface area contributed by atoms with Gasteiger partial charge in [-0.05, 0) is 103 Å². The van der Waals surface area contributed by atoms with E-state index in [1.807, 2.05) is 24.3 Å². The number of hydrogen-bond acceptors (Lipinski definition) is 1. The second kappa shape index (κ2) is 11.7. The number of hydrogen-bond donors (Lipinski definition) is 0. The molecule has 0 fully saturated rings. The van der Waals surface area contributed by atoms with Crippen LogP contribution in [0.5, 0.6) is 0 Å². The molecule has 0 N–H and O–H groups in total. The molecule has 8 aromatic rings. The molecule has 1 heteroatoms. The van der Waals surface area contributed by atoms with Crippen molar-refractivity contribution in [1.82, 2.24) is 4.98 Å². The quantitative estimate of drug-likeness (QED) is 0.136. The van der Waals surface area contributed by atoms with Gasteiger partial charge in [0.2, 0.25) is 0 Å². The molecule has 0 spiro atoms. The van der Waals surface area contributed by atoms with E-state index in [1.165, 1.54) is 32.7 Å². The molecule has 0 unspecified atom stereocenters. The first-order valence-corrected chi connectivity index (χ1v) is 17.5. The zero-order valence-corrected chi connectivity index (χ0v) is 28.2. The van der Waals surface area contributed by atoms with Crippen molar-refractivity contribution < 1.29 is 0 Å². The summed E-state index contributed by atoms with van der Waals surface area (Å²) in [7, 11) is 0. The van der Waals surface area contributed by atoms with E-state index in [1.54, 1.807) is 0 Å². The standard InChI is InChI=1S/C51H29N/c1-3-32-15-13-17-34(27-32)29-44-40-23-9-11-25-42(40)50-47(44)49(46-38-21-7-5-19-36(38)31-37-20-6-8-22-39(37)46)48-45(30-35-18-14-16-33(4-2)28-35)41-24-10-12-26-43(41)51(48)52-50/h1-2,5-31H/b44-29+,45-30+. The Morgan fingerprint density at radius 1 is 0.404 bits per heavy atom. The van der Waals surface area contributed by atoms with Crippen molar-refractivity contribution in [3.8, 4) is 58.3 Å². The number of rotatable bonds is 3. The van der Waals surface area contributed by atoms with Gasteiger partial charge in [-0.1, -0.05) is 133 Å². The van der Waals surface area contributed by atoms with E-state index >= 15 is 0 Å². The first-order chi connectivity index (χ1) is 25.7. The van der Waals surface area contributed by atoms with Gasteiger partial charge < -0.3 is 0 Å². The molecule has 1 nitrogen and oxygen atoms in total. The highest BCUT2D eigenvalue weighted by Crippen LogP contribution is 2.57. The molecule has 238 valence electrons. The van der Waals surface area contributed by atoms with Crippen LogP contribution in [0.4, 0.5) is 0 Å². The van der Waals surface area contributed by atoms with Gasteiger partial charge in [0, 0.05) is 38.9 Å². The summed E-state index contributed by atoms with van der Waals surface area (Å²) in [5, 5.41) is 4.79. The van der Waals surface area contributed by atoms with E-state index in [0.717, 1.165) is 78.2 Å². The topological polar surface area (TPSA) is 12.9 Å². The SMILES string of the molecule is C#Cc1cccc(/C=C2\c3ccccc3-c3nc4c(c(-c5c6ccccc6cc6ccccc56)c32)/C(=C/c2cccc(C#C)c2)c2ccccc2-4)c1. The third-order valence-corrected chi connectivity index (χ3v) is 10.4. The Labute approximate surface area is 303 Å².